The number of aliphatic hydroxyl groups is 1. The number of thiophene rings is 1. The zero-order valence-electron chi connectivity index (χ0n) is 16.9. The van der Waals surface area contributed by atoms with Crippen molar-refractivity contribution in [1.29, 1.82) is 0 Å². The SMILES string of the molecule is O=C(Cc1cccs1)Nc1ccc(C(O)C2COCC(=O)N2Cc2ccccc2)cc1. The highest BCUT2D eigenvalue weighted by Crippen LogP contribution is 2.27. The highest BCUT2D eigenvalue weighted by Gasteiger charge is 2.34. The molecule has 1 saturated heterocycles. The van der Waals surface area contributed by atoms with Crippen LogP contribution in [0.4, 0.5) is 5.69 Å². The number of rotatable bonds is 7. The third-order valence-corrected chi connectivity index (χ3v) is 6.12. The molecule has 1 aliphatic rings. The topological polar surface area (TPSA) is 78.9 Å². The summed E-state index contributed by atoms with van der Waals surface area (Å²) in [4.78, 5) is 27.4. The van der Waals surface area contributed by atoms with Crippen LogP contribution in [0.3, 0.4) is 0 Å². The minimum atomic E-state index is -0.899. The van der Waals surface area contributed by atoms with Crippen molar-refractivity contribution >= 4 is 28.8 Å². The number of amides is 2. The lowest BCUT2D eigenvalue weighted by atomic mass is 9.99. The number of hydrogen-bond acceptors (Lipinski definition) is 5. The molecule has 0 saturated carbocycles. The summed E-state index contributed by atoms with van der Waals surface area (Å²) in [7, 11) is 0. The number of benzene rings is 2. The summed E-state index contributed by atoms with van der Waals surface area (Å²) in [5.41, 5.74) is 2.32. The Kier molecular flexibility index (Phi) is 6.76. The van der Waals surface area contributed by atoms with Crippen LogP contribution in [0.2, 0.25) is 0 Å². The Bertz CT molecular complexity index is 1010. The molecule has 7 heteroatoms. The fourth-order valence-corrected chi connectivity index (χ4v) is 4.34. The molecule has 2 atom stereocenters. The van der Waals surface area contributed by atoms with E-state index in [1.807, 2.05) is 47.8 Å². The monoisotopic (exact) mass is 436 g/mol. The van der Waals surface area contributed by atoms with E-state index in [0.717, 1.165) is 10.4 Å². The molecule has 1 fully saturated rings. The number of aliphatic hydroxyl groups excluding tert-OH is 1. The highest BCUT2D eigenvalue weighted by atomic mass is 32.1. The number of carbonyl (C=O) groups excluding carboxylic acids is 2. The van der Waals surface area contributed by atoms with Gasteiger partial charge in [-0.3, -0.25) is 9.59 Å². The first-order chi connectivity index (χ1) is 15.1. The third-order valence-electron chi connectivity index (χ3n) is 5.25. The second kappa shape index (κ2) is 9.87. The number of carbonyl (C=O) groups is 2. The lowest BCUT2D eigenvalue weighted by molar-refractivity contribution is -0.155. The third kappa shape index (κ3) is 5.38. The second-order valence-corrected chi connectivity index (χ2v) is 8.49. The molecule has 0 aliphatic carbocycles. The maximum absolute atomic E-state index is 12.5. The molecule has 1 aliphatic heterocycles. The van der Waals surface area contributed by atoms with E-state index in [0.29, 0.717) is 24.2 Å². The number of nitrogens with one attached hydrogen (secondary N) is 1. The lowest BCUT2D eigenvalue weighted by Crippen LogP contribution is -2.51. The van der Waals surface area contributed by atoms with E-state index in [4.69, 9.17) is 4.74 Å². The number of anilines is 1. The number of morpholine rings is 1. The van der Waals surface area contributed by atoms with Crippen LogP contribution in [0, 0.1) is 0 Å². The minimum absolute atomic E-state index is 0.0191. The molecule has 31 heavy (non-hydrogen) atoms. The van der Waals surface area contributed by atoms with Gasteiger partial charge in [-0.05, 0) is 34.7 Å². The predicted octanol–water partition coefficient (Wildman–Crippen LogP) is 3.39. The Morgan fingerprint density at radius 1 is 1.13 bits per heavy atom. The molecule has 2 N–H and O–H groups in total. The Labute approximate surface area is 185 Å². The van der Waals surface area contributed by atoms with Gasteiger partial charge in [0.05, 0.1) is 19.1 Å². The summed E-state index contributed by atoms with van der Waals surface area (Å²) < 4.78 is 5.42. The molecule has 2 aromatic carbocycles. The molecule has 160 valence electrons. The van der Waals surface area contributed by atoms with Crippen molar-refractivity contribution in [3.8, 4) is 0 Å². The van der Waals surface area contributed by atoms with Crippen LogP contribution < -0.4 is 5.32 Å². The Hall–Kier alpha value is -3.00. The summed E-state index contributed by atoms with van der Waals surface area (Å²) in [6, 6.07) is 20.1. The Morgan fingerprint density at radius 2 is 1.90 bits per heavy atom. The van der Waals surface area contributed by atoms with Crippen molar-refractivity contribution in [1.82, 2.24) is 4.90 Å². The van der Waals surface area contributed by atoms with Gasteiger partial charge in [-0.15, -0.1) is 11.3 Å². The first-order valence-electron chi connectivity index (χ1n) is 10.1. The molecule has 2 heterocycles. The van der Waals surface area contributed by atoms with Gasteiger partial charge in [0.25, 0.3) is 0 Å². The second-order valence-electron chi connectivity index (χ2n) is 7.46. The van der Waals surface area contributed by atoms with Crippen molar-refractivity contribution in [2.24, 2.45) is 0 Å². The molecule has 0 spiro atoms. The molecule has 2 unspecified atom stereocenters. The van der Waals surface area contributed by atoms with Crippen molar-refractivity contribution in [3.05, 3.63) is 88.1 Å². The van der Waals surface area contributed by atoms with Crippen LogP contribution in [0.1, 0.15) is 22.1 Å². The maximum atomic E-state index is 12.5. The predicted molar refractivity (Wildman–Crippen MR) is 120 cm³/mol. The van der Waals surface area contributed by atoms with Crippen LogP contribution >= 0.6 is 11.3 Å². The molecule has 3 aromatic rings. The number of ether oxygens (including phenoxy) is 1. The quantitative estimate of drug-likeness (QED) is 0.595. The van der Waals surface area contributed by atoms with Gasteiger partial charge >= 0.3 is 0 Å². The Balaban J connectivity index is 1.42. The van der Waals surface area contributed by atoms with E-state index < -0.39 is 12.1 Å². The first kappa shape index (κ1) is 21.2. The van der Waals surface area contributed by atoms with E-state index in [9.17, 15) is 14.7 Å². The van der Waals surface area contributed by atoms with Gasteiger partial charge in [0.15, 0.2) is 0 Å². The summed E-state index contributed by atoms with van der Waals surface area (Å²) in [5.74, 6) is -0.229. The van der Waals surface area contributed by atoms with Crippen LogP contribution in [0.15, 0.2) is 72.1 Å². The van der Waals surface area contributed by atoms with Gasteiger partial charge in [-0.1, -0.05) is 48.5 Å². The van der Waals surface area contributed by atoms with Crippen LogP contribution in [-0.2, 0) is 27.3 Å². The van der Waals surface area contributed by atoms with E-state index in [1.165, 1.54) is 0 Å². The van der Waals surface area contributed by atoms with E-state index in [2.05, 4.69) is 5.32 Å². The van der Waals surface area contributed by atoms with Gasteiger partial charge in [0.2, 0.25) is 11.8 Å². The summed E-state index contributed by atoms with van der Waals surface area (Å²) in [6.07, 6.45) is -0.568. The zero-order valence-corrected chi connectivity index (χ0v) is 17.8. The van der Waals surface area contributed by atoms with Crippen LogP contribution in [0.5, 0.6) is 0 Å². The normalized spacial score (nSPS) is 17.4. The average Bonchev–Trinajstić information content (AvgIpc) is 3.29. The van der Waals surface area contributed by atoms with Crippen molar-refractivity contribution in [2.45, 2.75) is 25.1 Å². The standard InChI is InChI=1S/C24H24N2O4S/c27-22(13-20-7-4-12-31-20)25-19-10-8-18(9-11-19)24(29)21-15-30-16-23(28)26(21)14-17-5-2-1-3-6-17/h1-12,21,24,29H,13-16H2,(H,25,27). The van der Waals surface area contributed by atoms with E-state index >= 15 is 0 Å². The van der Waals surface area contributed by atoms with E-state index in [-0.39, 0.29) is 25.0 Å². The maximum Gasteiger partial charge on any atom is 0.249 e. The molecule has 1 aromatic heterocycles. The van der Waals surface area contributed by atoms with Crippen LogP contribution in [-0.4, -0.2) is 41.1 Å². The highest BCUT2D eigenvalue weighted by molar-refractivity contribution is 7.10. The molecule has 2 amide bonds. The Morgan fingerprint density at radius 3 is 2.61 bits per heavy atom. The molecular formula is C24H24N2O4S. The molecular weight excluding hydrogens is 412 g/mol. The largest absolute Gasteiger partial charge is 0.386 e. The minimum Gasteiger partial charge on any atom is -0.386 e. The summed E-state index contributed by atoms with van der Waals surface area (Å²) in [5, 5.41) is 15.8. The van der Waals surface area contributed by atoms with Gasteiger partial charge < -0.3 is 20.1 Å². The first-order valence-corrected chi connectivity index (χ1v) is 11.0. The fraction of sp³-hybridized carbons (Fsp3) is 0.250. The molecule has 4 rings (SSSR count). The van der Waals surface area contributed by atoms with Gasteiger partial charge in [0, 0.05) is 17.1 Å². The van der Waals surface area contributed by atoms with Gasteiger partial charge in [-0.25, -0.2) is 0 Å². The smallest absolute Gasteiger partial charge is 0.249 e. The molecule has 0 radical (unpaired) electrons. The number of hydrogen-bond donors (Lipinski definition) is 2. The van der Waals surface area contributed by atoms with E-state index in [1.54, 1.807) is 40.5 Å². The van der Waals surface area contributed by atoms with Crippen LogP contribution in [0.25, 0.3) is 0 Å². The van der Waals surface area contributed by atoms with Gasteiger partial charge in [-0.2, -0.15) is 0 Å². The molecule has 0 bridgehead atoms. The number of nitrogens with zero attached hydrogens (tertiary/aromatic N) is 1. The zero-order chi connectivity index (χ0) is 21.6. The summed E-state index contributed by atoms with van der Waals surface area (Å²) in [6.45, 7) is 0.700. The fourth-order valence-electron chi connectivity index (χ4n) is 3.63. The van der Waals surface area contributed by atoms with Crippen molar-refractivity contribution in [2.75, 3.05) is 18.5 Å². The summed E-state index contributed by atoms with van der Waals surface area (Å²) >= 11 is 1.55. The van der Waals surface area contributed by atoms with Crippen molar-refractivity contribution < 1.29 is 19.4 Å². The van der Waals surface area contributed by atoms with Gasteiger partial charge in [0.1, 0.15) is 12.7 Å². The average molecular weight is 437 g/mol. The molecule has 6 nitrogen and oxygen atoms in total. The lowest BCUT2D eigenvalue weighted by Gasteiger charge is -2.38. The van der Waals surface area contributed by atoms with Crippen molar-refractivity contribution in [3.63, 3.8) is 0 Å².